The third-order valence-corrected chi connectivity index (χ3v) is 6.39. The van der Waals surface area contributed by atoms with Crippen LogP contribution >= 0.6 is 0 Å². The zero-order valence-electron chi connectivity index (χ0n) is 19.2. The minimum Gasteiger partial charge on any atom is -0.497 e. The van der Waals surface area contributed by atoms with Crippen molar-refractivity contribution in [2.45, 2.75) is 38.3 Å². The number of carbonyl (C=O) groups excluding carboxylic acids is 1. The molecular formula is C28H31NO4. The van der Waals surface area contributed by atoms with E-state index in [1.807, 2.05) is 55.5 Å². The standard InChI is InChI=1S/C28H31NO4/c1-20(8-7-17-30)29(18-21-13-15-22(32-2)16-14-21)28(31)33-19-27-25-11-5-3-9-23(25)24-10-4-6-12-26(24)27/h3-6,9-16,20,27,30H,7-8,17-19H2,1-2H3. The largest absolute Gasteiger partial charge is 0.497 e. The van der Waals surface area contributed by atoms with E-state index >= 15 is 0 Å². The van der Waals surface area contributed by atoms with Crippen LogP contribution in [0.3, 0.4) is 0 Å². The number of fused-ring (bicyclic) bond motifs is 3. The monoisotopic (exact) mass is 445 g/mol. The molecule has 0 saturated heterocycles. The molecule has 1 atom stereocenters. The van der Waals surface area contributed by atoms with Crippen molar-refractivity contribution in [3.05, 3.63) is 89.5 Å². The normalized spacial score (nSPS) is 13.2. The molecule has 0 bridgehead atoms. The number of benzene rings is 3. The summed E-state index contributed by atoms with van der Waals surface area (Å²) in [5.74, 6) is 0.803. The maximum absolute atomic E-state index is 13.3. The van der Waals surface area contributed by atoms with Crippen molar-refractivity contribution in [1.82, 2.24) is 4.90 Å². The van der Waals surface area contributed by atoms with Gasteiger partial charge in [0.1, 0.15) is 12.4 Å². The Kier molecular flexibility index (Phi) is 7.30. The van der Waals surface area contributed by atoms with Gasteiger partial charge in [0.2, 0.25) is 0 Å². The lowest BCUT2D eigenvalue weighted by atomic mass is 9.98. The predicted molar refractivity (Wildman–Crippen MR) is 129 cm³/mol. The zero-order valence-corrected chi connectivity index (χ0v) is 19.2. The van der Waals surface area contributed by atoms with Gasteiger partial charge in [-0.2, -0.15) is 0 Å². The lowest BCUT2D eigenvalue weighted by molar-refractivity contribution is 0.0800. The van der Waals surface area contributed by atoms with E-state index in [1.54, 1.807) is 12.0 Å². The Balaban J connectivity index is 1.50. The molecule has 5 nitrogen and oxygen atoms in total. The second-order valence-electron chi connectivity index (χ2n) is 8.49. The van der Waals surface area contributed by atoms with Gasteiger partial charge in [-0.1, -0.05) is 60.7 Å². The average Bonchev–Trinajstić information content (AvgIpc) is 3.18. The van der Waals surface area contributed by atoms with Gasteiger partial charge in [0.05, 0.1) is 7.11 Å². The van der Waals surface area contributed by atoms with E-state index in [-0.39, 0.29) is 24.7 Å². The first-order valence-corrected chi connectivity index (χ1v) is 11.5. The molecule has 3 aromatic carbocycles. The molecule has 0 radical (unpaired) electrons. The number of aliphatic hydroxyl groups excluding tert-OH is 1. The van der Waals surface area contributed by atoms with Gasteiger partial charge in [0.25, 0.3) is 0 Å². The average molecular weight is 446 g/mol. The number of carbonyl (C=O) groups is 1. The van der Waals surface area contributed by atoms with E-state index in [4.69, 9.17) is 9.47 Å². The van der Waals surface area contributed by atoms with E-state index in [0.717, 1.165) is 11.3 Å². The molecule has 1 N–H and O–H groups in total. The van der Waals surface area contributed by atoms with Crippen LogP contribution in [0.25, 0.3) is 11.1 Å². The van der Waals surface area contributed by atoms with E-state index in [0.29, 0.717) is 26.0 Å². The molecule has 1 unspecified atom stereocenters. The summed E-state index contributed by atoms with van der Waals surface area (Å²) in [4.78, 5) is 15.0. The molecule has 1 amide bonds. The number of methoxy groups -OCH3 is 1. The topological polar surface area (TPSA) is 59.0 Å². The van der Waals surface area contributed by atoms with Crippen LogP contribution in [0.4, 0.5) is 4.79 Å². The smallest absolute Gasteiger partial charge is 0.410 e. The Morgan fingerprint density at radius 3 is 2.15 bits per heavy atom. The van der Waals surface area contributed by atoms with Gasteiger partial charge < -0.3 is 19.5 Å². The highest BCUT2D eigenvalue weighted by Crippen LogP contribution is 2.44. The molecular weight excluding hydrogens is 414 g/mol. The van der Waals surface area contributed by atoms with Crippen LogP contribution < -0.4 is 4.74 Å². The minimum atomic E-state index is -0.335. The highest BCUT2D eigenvalue weighted by Gasteiger charge is 2.30. The van der Waals surface area contributed by atoms with Crippen LogP contribution in [0.2, 0.25) is 0 Å². The molecule has 5 heteroatoms. The fourth-order valence-corrected chi connectivity index (χ4v) is 4.55. The van der Waals surface area contributed by atoms with Crippen molar-refractivity contribution in [1.29, 1.82) is 0 Å². The van der Waals surface area contributed by atoms with Gasteiger partial charge in [0, 0.05) is 25.1 Å². The maximum atomic E-state index is 13.3. The summed E-state index contributed by atoms with van der Waals surface area (Å²) in [5, 5.41) is 9.27. The van der Waals surface area contributed by atoms with Gasteiger partial charge in [-0.25, -0.2) is 4.79 Å². The van der Waals surface area contributed by atoms with Crippen LogP contribution in [0.1, 0.15) is 42.4 Å². The first-order valence-electron chi connectivity index (χ1n) is 11.5. The third-order valence-electron chi connectivity index (χ3n) is 6.39. The summed E-state index contributed by atoms with van der Waals surface area (Å²) in [6.45, 7) is 2.83. The fourth-order valence-electron chi connectivity index (χ4n) is 4.55. The van der Waals surface area contributed by atoms with E-state index in [9.17, 15) is 9.90 Å². The number of hydrogen-bond acceptors (Lipinski definition) is 4. The number of rotatable bonds is 9. The molecule has 172 valence electrons. The summed E-state index contributed by atoms with van der Waals surface area (Å²) in [5.41, 5.74) is 5.81. The van der Waals surface area contributed by atoms with Gasteiger partial charge in [0.15, 0.2) is 0 Å². The summed E-state index contributed by atoms with van der Waals surface area (Å²) in [6.07, 6.45) is 1.01. The lowest BCUT2D eigenvalue weighted by Gasteiger charge is -2.29. The Hall–Kier alpha value is -3.31. The Morgan fingerprint density at radius 2 is 1.58 bits per heavy atom. The summed E-state index contributed by atoms with van der Waals surface area (Å²) < 4.78 is 11.2. The van der Waals surface area contributed by atoms with Crippen LogP contribution in [0.15, 0.2) is 72.8 Å². The molecule has 1 aliphatic rings. The molecule has 0 saturated carbocycles. The van der Waals surface area contributed by atoms with Crippen molar-refractivity contribution in [3.8, 4) is 16.9 Å². The molecule has 0 fully saturated rings. The Morgan fingerprint density at radius 1 is 0.970 bits per heavy atom. The van der Waals surface area contributed by atoms with Crippen LogP contribution in [-0.2, 0) is 11.3 Å². The molecule has 3 aromatic rings. The van der Waals surface area contributed by atoms with Crippen molar-refractivity contribution < 1.29 is 19.4 Å². The fraction of sp³-hybridized carbons (Fsp3) is 0.321. The molecule has 33 heavy (non-hydrogen) atoms. The minimum absolute atomic E-state index is 0.0249. The summed E-state index contributed by atoms with van der Waals surface area (Å²) >= 11 is 0. The first kappa shape index (κ1) is 22.9. The second kappa shape index (κ2) is 10.5. The predicted octanol–water partition coefficient (Wildman–Crippen LogP) is 5.61. The first-order chi connectivity index (χ1) is 16.1. The molecule has 0 aromatic heterocycles. The van der Waals surface area contributed by atoms with Crippen LogP contribution in [0.5, 0.6) is 5.75 Å². The van der Waals surface area contributed by atoms with Gasteiger partial charge in [-0.15, -0.1) is 0 Å². The molecule has 4 rings (SSSR count). The van der Waals surface area contributed by atoms with E-state index < -0.39 is 0 Å². The highest BCUT2D eigenvalue weighted by atomic mass is 16.6. The second-order valence-corrected chi connectivity index (χ2v) is 8.49. The summed E-state index contributed by atoms with van der Waals surface area (Å²) in [7, 11) is 1.63. The Bertz CT molecular complexity index is 1030. The van der Waals surface area contributed by atoms with Crippen molar-refractivity contribution in [2.75, 3.05) is 20.3 Å². The van der Waals surface area contributed by atoms with Crippen molar-refractivity contribution in [3.63, 3.8) is 0 Å². The molecule has 0 spiro atoms. The molecule has 0 aliphatic heterocycles. The van der Waals surface area contributed by atoms with E-state index in [2.05, 4.69) is 24.3 Å². The number of amides is 1. The third kappa shape index (κ3) is 5.04. The van der Waals surface area contributed by atoms with Crippen molar-refractivity contribution >= 4 is 6.09 Å². The van der Waals surface area contributed by atoms with Crippen LogP contribution in [0, 0.1) is 0 Å². The number of nitrogens with zero attached hydrogens (tertiary/aromatic N) is 1. The highest BCUT2D eigenvalue weighted by molar-refractivity contribution is 5.79. The quantitative estimate of drug-likeness (QED) is 0.465. The lowest BCUT2D eigenvalue weighted by Crippen LogP contribution is -2.39. The van der Waals surface area contributed by atoms with Crippen molar-refractivity contribution in [2.24, 2.45) is 0 Å². The number of hydrogen-bond donors (Lipinski definition) is 1. The van der Waals surface area contributed by atoms with Crippen LogP contribution in [-0.4, -0.2) is 42.5 Å². The number of aliphatic hydroxyl groups is 1. The van der Waals surface area contributed by atoms with Gasteiger partial charge in [-0.05, 0) is 59.7 Å². The van der Waals surface area contributed by atoms with Gasteiger partial charge >= 0.3 is 6.09 Å². The maximum Gasteiger partial charge on any atom is 0.410 e. The molecule has 1 aliphatic carbocycles. The van der Waals surface area contributed by atoms with E-state index in [1.165, 1.54) is 22.3 Å². The number of ether oxygens (including phenoxy) is 2. The SMILES string of the molecule is COc1ccc(CN(C(=O)OCC2c3ccccc3-c3ccccc32)C(C)CCCO)cc1. The molecule has 0 heterocycles. The summed E-state index contributed by atoms with van der Waals surface area (Å²) in [6, 6.07) is 24.3. The Labute approximate surface area is 195 Å². The zero-order chi connectivity index (χ0) is 23.2. The van der Waals surface area contributed by atoms with Gasteiger partial charge in [-0.3, -0.25) is 0 Å².